The minimum atomic E-state index is 0.408. The Morgan fingerprint density at radius 2 is 2.28 bits per heavy atom. The van der Waals surface area contributed by atoms with Crippen LogP contribution in [0.25, 0.3) is 0 Å². The van der Waals surface area contributed by atoms with E-state index >= 15 is 0 Å². The molecule has 0 spiro atoms. The molecule has 2 N–H and O–H groups in total. The van der Waals surface area contributed by atoms with Gasteiger partial charge in [0.15, 0.2) is 5.82 Å². The molecule has 2 heterocycles. The number of rotatable bonds is 2. The lowest BCUT2D eigenvalue weighted by Crippen LogP contribution is -2.52. The lowest BCUT2D eigenvalue weighted by Gasteiger charge is -2.44. The highest BCUT2D eigenvalue weighted by molar-refractivity contribution is 7.99. The first-order chi connectivity index (χ1) is 8.81. The van der Waals surface area contributed by atoms with Gasteiger partial charge in [0.1, 0.15) is 5.00 Å². The van der Waals surface area contributed by atoms with E-state index in [1.165, 1.54) is 42.2 Å². The molecule has 1 saturated heterocycles. The topological polar surface area (TPSA) is 51.4 Å². The van der Waals surface area contributed by atoms with Crippen LogP contribution in [-0.4, -0.2) is 35.9 Å². The van der Waals surface area contributed by atoms with Crippen LogP contribution in [0.5, 0.6) is 0 Å². The van der Waals surface area contributed by atoms with E-state index < -0.39 is 0 Å². The Kier molecular flexibility index (Phi) is 3.68. The fraction of sp³-hybridized carbons (Fsp3) is 0.750. The Bertz CT molecular complexity index is 421. The number of ether oxygens (including phenoxy) is 1. The van der Waals surface area contributed by atoms with Gasteiger partial charge in [-0.3, -0.25) is 0 Å². The maximum Gasteiger partial charge on any atom is 0.153 e. The summed E-state index contributed by atoms with van der Waals surface area (Å²) in [6, 6.07) is 0.526. The fourth-order valence-corrected chi connectivity index (χ4v) is 4.77. The average molecular weight is 285 g/mol. The number of fused-ring (bicyclic) bond motifs is 1. The van der Waals surface area contributed by atoms with E-state index in [4.69, 9.17) is 10.5 Å². The van der Waals surface area contributed by atoms with Crippen LogP contribution in [0.2, 0.25) is 0 Å². The second-order valence-corrected chi connectivity index (χ2v) is 6.43. The number of morpholine rings is 1. The minimum Gasteiger partial charge on any atom is -0.382 e. The molecule has 0 radical (unpaired) electrons. The third kappa shape index (κ3) is 2.10. The summed E-state index contributed by atoms with van der Waals surface area (Å²) in [4.78, 5) is 3.64. The van der Waals surface area contributed by atoms with Crippen LogP contribution in [0.15, 0.2) is 4.90 Å². The highest BCUT2D eigenvalue weighted by Gasteiger charge is 2.36. The van der Waals surface area contributed by atoms with Crippen LogP contribution < -0.4 is 10.6 Å². The van der Waals surface area contributed by atoms with Gasteiger partial charge in [-0.15, -0.1) is 11.8 Å². The molecule has 4 nitrogen and oxygen atoms in total. The molecular formula is C12H19N3OS2. The van der Waals surface area contributed by atoms with Crippen molar-refractivity contribution in [2.75, 3.05) is 30.0 Å². The first-order valence-corrected chi connectivity index (χ1v) is 8.48. The Labute approximate surface area is 116 Å². The van der Waals surface area contributed by atoms with E-state index in [1.54, 1.807) is 11.8 Å². The molecule has 2 unspecified atom stereocenters. The van der Waals surface area contributed by atoms with Crippen LogP contribution in [0.3, 0.4) is 0 Å². The number of aromatic nitrogens is 1. The summed E-state index contributed by atoms with van der Waals surface area (Å²) in [5, 5.41) is 1.25. The zero-order chi connectivity index (χ0) is 12.5. The smallest absolute Gasteiger partial charge is 0.153 e. The Hall–Kier alpha value is -0.460. The SMILES string of the molecule is CSc1c(N)nsc1N1CCOC2CCCCC21. The summed E-state index contributed by atoms with van der Waals surface area (Å²) < 4.78 is 10.2. The standard InChI is InChI=1S/C12H19N3OS2/c1-17-10-11(13)14-18-12(10)15-6-7-16-9-5-3-2-4-8(9)15/h8-9H,2-7H2,1H3,(H2,13,14). The molecule has 2 aliphatic rings. The highest BCUT2D eigenvalue weighted by atomic mass is 32.2. The maximum absolute atomic E-state index is 5.95. The molecule has 1 aliphatic heterocycles. The van der Waals surface area contributed by atoms with Crippen molar-refractivity contribution in [2.45, 2.75) is 42.7 Å². The highest BCUT2D eigenvalue weighted by Crippen LogP contribution is 2.41. The van der Waals surface area contributed by atoms with E-state index in [9.17, 15) is 0 Å². The van der Waals surface area contributed by atoms with Crippen molar-refractivity contribution in [2.24, 2.45) is 0 Å². The molecule has 6 heteroatoms. The van der Waals surface area contributed by atoms with Gasteiger partial charge in [-0.2, -0.15) is 4.37 Å². The average Bonchev–Trinajstić information content (AvgIpc) is 2.79. The zero-order valence-corrected chi connectivity index (χ0v) is 12.2. The Morgan fingerprint density at radius 3 is 3.11 bits per heavy atom. The van der Waals surface area contributed by atoms with Crippen molar-refractivity contribution >= 4 is 34.1 Å². The van der Waals surface area contributed by atoms with Gasteiger partial charge in [0, 0.05) is 6.54 Å². The number of hydrogen-bond acceptors (Lipinski definition) is 6. The van der Waals surface area contributed by atoms with Gasteiger partial charge in [0.2, 0.25) is 0 Å². The number of hydrogen-bond donors (Lipinski definition) is 1. The first-order valence-electron chi connectivity index (χ1n) is 6.48. The van der Waals surface area contributed by atoms with E-state index in [-0.39, 0.29) is 0 Å². The maximum atomic E-state index is 5.95. The first kappa shape index (κ1) is 12.6. The van der Waals surface area contributed by atoms with Crippen molar-refractivity contribution < 1.29 is 4.74 Å². The molecule has 0 aromatic carbocycles. The summed E-state index contributed by atoms with van der Waals surface area (Å²) in [6.07, 6.45) is 7.52. The molecule has 0 amide bonds. The summed E-state index contributed by atoms with van der Waals surface area (Å²) >= 11 is 3.24. The minimum absolute atomic E-state index is 0.408. The molecular weight excluding hydrogens is 266 g/mol. The van der Waals surface area contributed by atoms with Crippen LogP contribution in [-0.2, 0) is 4.74 Å². The molecule has 1 saturated carbocycles. The quantitative estimate of drug-likeness (QED) is 0.847. The van der Waals surface area contributed by atoms with Crippen molar-refractivity contribution in [3.8, 4) is 0 Å². The summed E-state index contributed by atoms with van der Waals surface area (Å²) in [7, 11) is 0. The van der Waals surface area contributed by atoms with Crippen LogP contribution in [0, 0.1) is 0 Å². The zero-order valence-electron chi connectivity index (χ0n) is 10.6. The van der Waals surface area contributed by atoms with Crippen molar-refractivity contribution in [3.63, 3.8) is 0 Å². The molecule has 2 atom stereocenters. The van der Waals surface area contributed by atoms with Crippen LogP contribution in [0.4, 0.5) is 10.8 Å². The molecule has 100 valence electrons. The Balaban J connectivity index is 1.89. The number of thioether (sulfide) groups is 1. The lowest BCUT2D eigenvalue weighted by molar-refractivity contribution is -0.00857. The van der Waals surface area contributed by atoms with Gasteiger partial charge in [-0.05, 0) is 30.6 Å². The normalized spacial score (nSPS) is 28.2. The van der Waals surface area contributed by atoms with E-state index in [2.05, 4.69) is 15.5 Å². The fourth-order valence-electron chi connectivity index (χ4n) is 3.01. The van der Waals surface area contributed by atoms with Gasteiger partial charge in [-0.25, -0.2) is 0 Å². The number of nitrogens with zero attached hydrogens (tertiary/aromatic N) is 2. The van der Waals surface area contributed by atoms with Gasteiger partial charge >= 0.3 is 0 Å². The van der Waals surface area contributed by atoms with Gasteiger partial charge in [0.05, 0.1) is 23.6 Å². The largest absolute Gasteiger partial charge is 0.382 e. The summed E-state index contributed by atoms with van der Waals surface area (Å²) in [5.41, 5.74) is 5.95. The molecule has 3 rings (SSSR count). The van der Waals surface area contributed by atoms with Crippen molar-refractivity contribution in [1.29, 1.82) is 0 Å². The van der Waals surface area contributed by atoms with E-state index in [0.29, 0.717) is 18.0 Å². The van der Waals surface area contributed by atoms with Gasteiger partial charge < -0.3 is 15.4 Å². The molecule has 1 aromatic heterocycles. The van der Waals surface area contributed by atoms with Gasteiger partial charge in [-0.1, -0.05) is 12.8 Å². The second-order valence-electron chi connectivity index (χ2n) is 4.86. The second kappa shape index (κ2) is 5.27. The summed E-state index contributed by atoms with van der Waals surface area (Å²) in [6.45, 7) is 1.79. The summed E-state index contributed by atoms with van der Waals surface area (Å²) in [5.74, 6) is 0.682. The van der Waals surface area contributed by atoms with E-state index in [1.807, 2.05) is 0 Å². The van der Waals surface area contributed by atoms with Crippen LogP contribution >= 0.6 is 23.3 Å². The Morgan fingerprint density at radius 1 is 1.44 bits per heavy atom. The molecule has 18 heavy (non-hydrogen) atoms. The monoisotopic (exact) mass is 285 g/mol. The molecule has 1 aromatic rings. The third-order valence-corrected chi connectivity index (χ3v) is 5.69. The molecule has 2 fully saturated rings. The molecule has 0 bridgehead atoms. The predicted octanol–water partition coefficient (Wildman–Crippen LogP) is 2.60. The number of nitrogen functional groups attached to an aromatic ring is 1. The third-order valence-electron chi connectivity index (χ3n) is 3.85. The lowest BCUT2D eigenvalue weighted by atomic mass is 9.90. The molecule has 1 aliphatic carbocycles. The van der Waals surface area contributed by atoms with Crippen molar-refractivity contribution in [1.82, 2.24) is 4.37 Å². The van der Waals surface area contributed by atoms with Crippen molar-refractivity contribution in [3.05, 3.63) is 0 Å². The van der Waals surface area contributed by atoms with Gasteiger partial charge in [0.25, 0.3) is 0 Å². The number of anilines is 2. The van der Waals surface area contributed by atoms with E-state index in [0.717, 1.165) is 18.0 Å². The predicted molar refractivity (Wildman–Crippen MR) is 77.6 cm³/mol. The van der Waals surface area contributed by atoms with Crippen LogP contribution in [0.1, 0.15) is 25.7 Å². The number of nitrogens with two attached hydrogens (primary N) is 1.